The van der Waals surface area contributed by atoms with Gasteiger partial charge in [-0.05, 0) is 61.7 Å². The van der Waals surface area contributed by atoms with Crippen molar-refractivity contribution in [2.24, 2.45) is 0 Å². The van der Waals surface area contributed by atoms with E-state index in [9.17, 15) is 9.59 Å². The molecule has 0 aliphatic heterocycles. The van der Waals surface area contributed by atoms with Gasteiger partial charge in [0.2, 0.25) is 0 Å². The molecule has 7 nitrogen and oxygen atoms in total. The summed E-state index contributed by atoms with van der Waals surface area (Å²) >= 11 is 0. The van der Waals surface area contributed by atoms with E-state index >= 15 is 0 Å². The van der Waals surface area contributed by atoms with Crippen LogP contribution in [0.5, 0.6) is 11.5 Å². The second-order valence-electron chi connectivity index (χ2n) is 11.4. The van der Waals surface area contributed by atoms with E-state index in [4.69, 9.17) is 14.2 Å². The second-order valence-corrected chi connectivity index (χ2v) is 11.4. The summed E-state index contributed by atoms with van der Waals surface area (Å²) in [6.45, 7) is 7.00. The normalized spacial score (nSPS) is 11.6. The molecule has 1 aromatic heterocycles. The van der Waals surface area contributed by atoms with Gasteiger partial charge in [-0.25, -0.2) is 14.8 Å². The van der Waals surface area contributed by atoms with Gasteiger partial charge >= 0.3 is 11.9 Å². The number of carbonyl (C=O) groups is 2. The van der Waals surface area contributed by atoms with Crippen molar-refractivity contribution in [2.45, 2.75) is 117 Å². The van der Waals surface area contributed by atoms with E-state index in [-0.39, 0.29) is 17.6 Å². The Morgan fingerprint density at radius 3 is 1.84 bits per heavy atom. The third-order valence-corrected chi connectivity index (χ3v) is 7.62. The minimum atomic E-state index is -0.545. The average molecular weight is 603 g/mol. The van der Waals surface area contributed by atoms with Crippen LogP contribution in [0.3, 0.4) is 0 Å². The summed E-state index contributed by atoms with van der Waals surface area (Å²) in [4.78, 5) is 33.6. The summed E-state index contributed by atoms with van der Waals surface area (Å²) in [6, 6.07) is 14.7. The van der Waals surface area contributed by atoms with E-state index in [1.54, 1.807) is 24.3 Å². The molecule has 7 heteroatoms. The Morgan fingerprint density at radius 2 is 1.23 bits per heavy atom. The zero-order valence-electron chi connectivity index (χ0n) is 26.9. The van der Waals surface area contributed by atoms with E-state index in [1.165, 1.54) is 76.6 Å². The van der Waals surface area contributed by atoms with E-state index in [2.05, 4.69) is 23.8 Å². The predicted molar refractivity (Wildman–Crippen MR) is 175 cm³/mol. The minimum absolute atomic E-state index is 0.183. The van der Waals surface area contributed by atoms with Crippen molar-refractivity contribution in [2.75, 3.05) is 6.61 Å². The molecule has 0 radical (unpaired) electrons. The highest BCUT2D eigenvalue weighted by Gasteiger charge is 2.14. The molecule has 0 saturated carbocycles. The summed E-state index contributed by atoms with van der Waals surface area (Å²) in [6.07, 6.45) is 18.5. The first-order chi connectivity index (χ1) is 21.5. The monoisotopic (exact) mass is 602 g/mol. The van der Waals surface area contributed by atoms with Crippen LogP contribution >= 0.6 is 0 Å². The Morgan fingerprint density at radius 1 is 0.682 bits per heavy atom. The molecule has 3 aromatic rings. The molecular weight excluding hydrogens is 552 g/mol. The van der Waals surface area contributed by atoms with Gasteiger partial charge in [-0.2, -0.15) is 0 Å². The Labute approximate surface area is 263 Å². The lowest BCUT2D eigenvalue weighted by Gasteiger charge is -2.14. The maximum absolute atomic E-state index is 12.7. The van der Waals surface area contributed by atoms with Crippen LogP contribution in [0.1, 0.15) is 133 Å². The number of ether oxygens (including phenoxy) is 3. The smallest absolute Gasteiger partial charge is 0.346 e. The maximum atomic E-state index is 12.7. The van der Waals surface area contributed by atoms with Gasteiger partial charge in [0.25, 0.3) is 0 Å². The van der Waals surface area contributed by atoms with E-state index < -0.39 is 5.97 Å². The van der Waals surface area contributed by atoms with Gasteiger partial charge in [-0.3, -0.25) is 4.79 Å². The van der Waals surface area contributed by atoms with Crippen molar-refractivity contribution < 1.29 is 23.8 Å². The standard InChI is InChI=1S/C37H50N2O5/c1-4-6-8-10-12-13-15-17-35(40)43-29(3)30-18-24-34(25-19-30)44-37(41)32-27-38-36(39-28-32)31-20-22-33(23-21-31)42-26-16-14-11-9-7-5-2/h18-25,27-29H,4-17,26H2,1-3H3. The van der Waals surface area contributed by atoms with Gasteiger partial charge in [-0.1, -0.05) is 96.6 Å². The third-order valence-electron chi connectivity index (χ3n) is 7.62. The maximum Gasteiger partial charge on any atom is 0.346 e. The van der Waals surface area contributed by atoms with Crippen molar-refractivity contribution >= 4 is 11.9 Å². The van der Waals surface area contributed by atoms with Crippen molar-refractivity contribution in [3.05, 3.63) is 72.1 Å². The topological polar surface area (TPSA) is 87.6 Å². The zero-order valence-corrected chi connectivity index (χ0v) is 26.9. The molecule has 0 saturated heterocycles. The van der Waals surface area contributed by atoms with Crippen LogP contribution in [0.25, 0.3) is 11.4 Å². The van der Waals surface area contributed by atoms with Gasteiger partial charge in [0.05, 0.1) is 12.2 Å². The van der Waals surface area contributed by atoms with Crippen LogP contribution in [-0.4, -0.2) is 28.5 Å². The van der Waals surface area contributed by atoms with Crippen molar-refractivity contribution in [3.8, 4) is 22.9 Å². The minimum Gasteiger partial charge on any atom is -0.494 e. The second kappa shape index (κ2) is 20.3. The molecule has 0 fully saturated rings. The number of aromatic nitrogens is 2. The fourth-order valence-electron chi connectivity index (χ4n) is 4.88. The number of rotatable bonds is 21. The Kier molecular flexibility index (Phi) is 16.0. The van der Waals surface area contributed by atoms with Crippen molar-refractivity contribution in [1.82, 2.24) is 9.97 Å². The van der Waals surface area contributed by atoms with Gasteiger partial charge in [0, 0.05) is 24.4 Å². The lowest BCUT2D eigenvalue weighted by Crippen LogP contribution is -2.10. The van der Waals surface area contributed by atoms with Crippen LogP contribution in [-0.2, 0) is 9.53 Å². The lowest BCUT2D eigenvalue weighted by atomic mass is 10.1. The van der Waals surface area contributed by atoms with Crippen LogP contribution in [0.4, 0.5) is 0 Å². The first-order valence-electron chi connectivity index (χ1n) is 16.6. The van der Waals surface area contributed by atoms with Crippen molar-refractivity contribution in [3.63, 3.8) is 0 Å². The molecule has 1 heterocycles. The largest absolute Gasteiger partial charge is 0.494 e. The number of unbranched alkanes of at least 4 members (excludes halogenated alkanes) is 11. The molecule has 44 heavy (non-hydrogen) atoms. The van der Waals surface area contributed by atoms with Crippen LogP contribution in [0, 0.1) is 0 Å². The summed E-state index contributed by atoms with van der Waals surface area (Å²) < 4.78 is 17.0. The summed E-state index contributed by atoms with van der Waals surface area (Å²) in [5.74, 6) is 1.00. The molecular formula is C37H50N2O5. The first-order valence-corrected chi connectivity index (χ1v) is 16.6. The number of hydrogen-bond donors (Lipinski definition) is 0. The quantitative estimate of drug-likeness (QED) is 0.0681. The summed E-state index contributed by atoms with van der Waals surface area (Å²) in [5.41, 5.74) is 1.93. The molecule has 238 valence electrons. The molecule has 2 aromatic carbocycles. The summed E-state index contributed by atoms with van der Waals surface area (Å²) in [7, 11) is 0. The van der Waals surface area contributed by atoms with Gasteiger partial charge in [0.1, 0.15) is 17.6 Å². The van der Waals surface area contributed by atoms with Gasteiger partial charge in [0.15, 0.2) is 5.82 Å². The highest BCUT2D eigenvalue weighted by atomic mass is 16.5. The number of benzene rings is 2. The summed E-state index contributed by atoms with van der Waals surface area (Å²) in [5, 5.41) is 0. The molecule has 0 amide bonds. The Bertz CT molecular complexity index is 1230. The fourth-order valence-corrected chi connectivity index (χ4v) is 4.88. The molecule has 0 bridgehead atoms. The third kappa shape index (κ3) is 12.9. The molecule has 0 aliphatic carbocycles. The predicted octanol–water partition coefficient (Wildman–Crippen LogP) is 9.85. The van der Waals surface area contributed by atoms with Crippen LogP contribution in [0.2, 0.25) is 0 Å². The van der Waals surface area contributed by atoms with E-state index in [0.717, 1.165) is 36.1 Å². The van der Waals surface area contributed by atoms with E-state index in [0.29, 0.717) is 24.6 Å². The lowest BCUT2D eigenvalue weighted by molar-refractivity contribution is -0.148. The van der Waals surface area contributed by atoms with Crippen molar-refractivity contribution in [1.29, 1.82) is 0 Å². The highest BCUT2D eigenvalue weighted by Crippen LogP contribution is 2.23. The highest BCUT2D eigenvalue weighted by molar-refractivity contribution is 5.90. The van der Waals surface area contributed by atoms with Crippen LogP contribution < -0.4 is 9.47 Å². The first kappa shape index (κ1) is 34.7. The number of carbonyl (C=O) groups excluding carboxylic acids is 2. The average Bonchev–Trinajstić information content (AvgIpc) is 3.04. The number of nitrogens with zero attached hydrogens (tertiary/aromatic N) is 2. The van der Waals surface area contributed by atoms with Crippen LogP contribution in [0.15, 0.2) is 60.9 Å². The molecule has 1 unspecified atom stereocenters. The van der Waals surface area contributed by atoms with Gasteiger partial charge < -0.3 is 14.2 Å². The van der Waals surface area contributed by atoms with E-state index in [1.807, 2.05) is 31.2 Å². The van der Waals surface area contributed by atoms with Gasteiger partial charge in [-0.15, -0.1) is 0 Å². The Balaban J connectivity index is 1.39. The number of esters is 2. The Hall–Kier alpha value is -3.74. The molecule has 3 rings (SSSR count). The zero-order chi connectivity index (χ0) is 31.4. The number of hydrogen-bond acceptors (Lipinski definition) is 7. The molecule has 0 aliphatic rings. The molecule has 0 spiro atoms. The molecule has 1 atom stereocenters. The fraction of sp³-hybridized carbons (Fsp3) is 0.514. The SMILES string of the molecule is CCCCCCCCCC(=O)OC(C)c1ccc(OC(=O)c2cnc(-c3ccc(OCCCCCCCC)cc3)nc2)cc1. The molecule has 0 N–H and O–H groups in total.